The first-order valence-corrected chi connectivity index (χ1v) is 6.82. The molecule has 2 aromatic heterocycles. The maximum atomic E-state index is 5.68. The fraction of sp³-hybridized carbons (Fsp3) is 0.545. The van der Waals surface area contributed by atoms with Gasteiger partial charge in [0.2, 0.25) is 5.82 Å². The Morgan fingerprint density at radius 3 is 3.00 bits per heavy atom. The summed E-state index contributed by atoms with van der Waals surface area (Å²) in [6.45, 7) is 2.62. The van der Waals surface area contributed by atoms with Crippen LogP contribution < -0.4 is 5.73 Å². The van der Waals surface area contributed by atoms with Gasteiger partial charge in [-0.3, -0.25) is 0 Å². The van der Waals surface area contributed by atoms with Crippen LogP contribution in [0.15, 0.2) is 9.90 Å². The normalized spacial score (nSPS) is 16.9. The highest BCUT2D eigenvalue weighted by atomic mass is 32.1. The van der Waals surface area contributed by atoms with Crippen LogP contribution in [0.2, 0.25) is 0 Å². The van der Waals surface area contributed by atoms with Crippen molar-refractivity contribution in [2.45, 2.75) is 25.9 Å². The molecule has 0 saturated heterocycles. The van der Waals surface area contributed by atoms with E-state index in [1.807, 2.05) is 6.92 Å². The second-order valence-corrected chi connectivity index (χ2v) is 5.13. The fourth-order valence-electron chi connectivity index (χ4n) is 1.84. The van der Waals surface area contributed by atoms with Gasteiger partial charge in [0, 0.05) is 12.0 Å². The van der Waals surface area contributed by atoms with Crippen molar-refractivity contribution in [1.29, 1.82) is 0 Å². The summed E-state index contributed by atoms with van der Waals surface area (Å²) in [6, 6.07) is 0. The van der Waals surface area contributed by atoms with Crippen LogP contribution in [0, 0.1) is 5.92 Å². The molecule has 1 saturated carbocycles. The van der Waals surface area contributed by atoms with E-state index in [9.17, 15) is 0 Å². The molecule has 1 fully saturated rings. The Morgan fingerprint density at radius 1 is 1.56 bits per heavy atom. The molecule has 2 aromatic rings. The number of ether oxygens (including phenoxy) is 1. The number of hydrogen-bond donors (Lipinski definition) is 1. The average molecular weight is 266 g/mol. The lowest BCUT2D eigenvalue weighted by Gasteiger charge is -2.10. The van der Waals surface area contributed by atoms with E-state index in [0.717, 1.165) is 12.8 Å². The predicted octanol–water partition coefficient (Wildman–Crippen LogP) is 2.26. The molecule has 0 amide bonds. The fourth-order valence-corrected chi connectivity index (χ4v) is 2.38. The van der Waals surface area contributed by atoms with E-state index in [2.05, 4.69) is 15.1 Å². The minimum absolute atomic E-state index is 0.0523. The summed E-state index contributed by atoms with van der Waals surface area (Å²) in [7, 11) is 0. The Bertz CT molecular complexity index is 535. The van der Waals surface area contributed by atoms with Crippen molar-refractivity contribution in [2.75, 3.05) is 12.3 Å². The Morgan fingerprint density at radius 2 is 2.39 bits per heavy atom. The van der Waals surface area contributed by atoms with Gasteiger partial charge in [0.15, 0.2) is 5.13 Å². The molecule has 2 heterocycles. The number of rotatable bonds is 5. The minimum Gasteiger partial charge on any atom is -0.375 e. The van der Waals surface area contributed by atoms with Gasteiger partial charge in [-0.2, -0.15) is 4.98 Å². The SMILES string of the molecule is CCOC(c1noc(-c2csc(N)n2)n1)C1CC1. The first-order chi connectivity index (χ1) is 8.78. The van der Waals surface area contributed by atoms with E-state index in [1.54, 1.807) is 5.38 Å². The summed E-state index contributed by atoms with van der Waals surface area (Å²) in [6.07, 6.45) is 2.28. The summed E-state index contributed by atoms with van der Waals surface area (Å²) >= 11 is 1.35. The van der Waals surface area contributed by atoms with E-state index in [4.69, 9.17) is 15.0 Å². The van der Waals surface area contributed by atoms with Gasteiger partial charge < -0.3 is 15.0 Å². The van der Waals surface area contributed by atoms with Crippen LogP contribution in [0.3, 0.4) is 0 Å². The van der Waals surface area contributed by atoms with E-state index in [1.165, 1.54) is 11.3 Å². The molecule has 2 N–H and O–H groups in total. The quantitative estimate of drug-likeness (QED) is 0.893. The van der Waals surface area contributed by atoms with Gasteiger partial charge in [-0.15, -0.1) is 11.3 Å². The molecule has 6 nitrogen and oxygen atoms in total. The van der Waals surface area contributed by atoms with Gasteiger partial charge >= 0.3 is 0 Å². The standard InChI is InChI=1S/C11H14N4O2S/c1-2-16-8(6-3-4-6)9-14-10(17-15-9)7-5-18-11(12)13-7/h5-6,8H,2-4H2,1H3,(H2,12,13). The molecule has 0 aromatic carbocycles. The molecular formula is C11H14N4O2S. The van der Waals surface area contributed by atoms with Gasteiger partial charge in [0.25, 0.3) is 5.89 Å². The van der Waals surface area contributed by atoms with Gasteiger partial charge in [-0.25, -0.2) is 4.98 Å². The van der Waals surface area contributed by atoms with Gasteiger partial charge in [0.05, 0.1) is 0 Å². The molecule has 18 heavy (non-hydrogen) atoms. The summed E-state index contributed by atoms with van der Waals surface area (Å²) < 4.78 is 10.9. The largest absolute Gasteiger partial charge is 0.375 e. The summed E-state index contributed by atoms with van der Waals surface area (Å²) in [5, 5.41) is 6.29. The molecule has 0 bridgehead atoms. The zero-order valence-corrected chi connectivity index (χ0v) is 10.8. The minimum atomic E-state index is -0.0523. The van der Waals surface area contributed by atoms with E-state index < -0.39 is 0 Å². The molecule has 96 valence electrons. The molecule has 0 aliphatic heterocycles. The van der Waals surface area contributed by atoms with E-state index >= 15 is 0 Å². The Labute approximate surface area is 108 Å². The maximum Gasteiger partial charge on any atom is 0.277 e. The highest BCUT2D eigenvalue weighted by molar-refractivity contribution is 7.13. The molecule has 1 atom stereocenters. The van der Waals surface area contributed by atoms with E-state index in [0.29, 0.717) is 35.1 Å². The van der Waals surface area contributed by atoms with Crippen molar-refractivity contribution in [3.63, 3.8) is 0 Å². The Hall–Kier alpha value is -1.47. The topological polar surface area (TPSA) is 87.1 Å². The highest BCUT2D eigenvalue weighted by Gasteiger charge is 2.36. The second-order valence-electron chi connectivity index (χ2n) is 4.24. The lowest BCUT2D eigenvalue weighted by molar-refractivity contribution is 0.0385. The van der Waals surface area contributed by atoms with Crippen LogP contribution >= 0.6 is 11.3 Å². The Kier molecular flexibility index (Phi) is 3.00. The first kappa shape index (κ1) is 11.6. The predicted molar refractivity (Wildman–Crippen MR) is 66.9 cm³/mol. The number of hydrogen-bond acceptors (Lipinski definition) is 7. The molecule has 7 heteroatoms. The van der Waals surface area contributed by atoms with Crippen LogP contribution in [-0.4, -0.2) is 21.7 Å². The zero-order valence-electron chi connectivity index (χ0n) is 10.00. The average Bonchev–Trinajstić information content (AvgIpc) is 2.91. The van der Waals surface area contributed by atoms with Crippen LogP contribution in [0.5, 0.6) is 0 Å². The first-order valence-electron chi connectivity index (χ1n) is 5.94. The maximum absolute atomic E-state index is 5.68. The zero-order chi connectivity index (χ0) is 12.5. The number of nitrogens with zero attached hydrogens (tertiary/aromatic N) is 3. The van der Waals surface area contributed by atoms with Crippen LogP contribution in [0.1, 0.15) is 31.7 Å². The van der Waals surface area contributed by atoms with Crippen LogP contribution in [-0.2, 0) is 4.74 Å². The third-order valence-corrected chi connectivity index (χ3v) is 3.51. The molecule has 3 rings (SSSR count). The van der Waals surface area contributed by atoms with Crippen molar-refractivity contribution >= 4 is 16.5 Å². The van der Waals surface area contributed by atoms with Crippen molar-refractivity contribution in [3.8, 4) is 11.6 Å². The number of aromatic nitrogens is 3. The molecule has 1 aliphatic carbocycles. The summed E-state index contributed by atoms with van der Waals surface area (Å²) in [5.41, 5.74) is 6.21. The highest BCUT2D eigenvalue weighted by Crippen LogP contribution is 2.42. The van der Waals surface area contributed by atoms with Gasteiger partial charge in [-0.05, 0) is 25.7 Å². The van der Waals surface area contributed by atoms with Gasteiger partial charge in [-0.1, -0.05) is 5.16 Å². The molecule has 0 radical (unpaired) electrons. The van der Waals surface area contributed by atoms with Gasteiger partial charge in [0.1, 0.15) is 11.8 Å². The molecule has 1 unspecified atom stereocenters. The lowest BCUT2D eigenvalue weighted by Crippen LogP contribution is -2.08. The second kappa shape index (κ2) is 4.66. The monoisotopic (exact) mass is 266 g/mol. The molecular weight excluding hydrogens is 252 g/mol. The Balaban J connectivity index is 1.83. The summed E-state index contributed by atoms with van der Waals surface area (Å²) in [5.74, 6) is 1.54. The summed E-state index contributed by atoms with van der Waals surface area (Å²) in [4.78, 5) is 8.48. The lowest BCUT2D eigenvalue weighted by atomic mass is 10.2. The van der Waals surface area contributed by atoms with Crippen LogP contribution in [0.4, 0.5) is 5.13 Å². The number of anilines is 1. The number of thiazole rings is 1. The van der Waals surface area contributed by atoms with Crippen molar-refractivity contribution in [2.24, 2.45) is 5.92 Å². The molecule has 1 aliphatic rings. The van der Waals surface area contributed by atoms with Crippen molar-refractivity contribution in [3.05, 3.63) is 11.2 Å². The van der Waals surface area contributed by atoms with Crippen LogP contribution in [0.25, 0.3) is 11.6 Å². The third-order valence-electron chi connectivity index (χ3n) is 2.83. The van der Waals surface area contributed by atoms with E-state index in [-0.39, 0.29) is 6.10 Å². The van der Waals surface area contributed by atoms with Crippen molar-refractivity contribution in [1.82, 2.24) is 15.1 Å². The smallest absolute Gasteiger partial charge is 0.277 e. The third kappa shape index (κ3) is 2.23. The number of nitrogen functional groups attached to an aromatic ring is 1. The van der Waals surface area contributed by atoms with Crippen molar-refractivity contribution < 1.29 is 9.26 Å². The molecule has 0 spiro atoms. The number of nitrogens with two attached hydrogens (primary N) is 1.